The van der Waals surface area contributed by atoms with Crippen molar-refractivity contribution in [1.29, 1.82) is 0 Å². The molecule has 15 heavy (non-hydrogen) atoms. The monoisotopic (exact) mass is 245 g/mol. The Hall–Kier alpha value is -0.240. The zero-order valence-electron chi connectivity index (χ0n) is 8.87. The zero-order chi connectivity index (χ0) is 10.1. The summed E-state index contributed by atoms with van der Waals surface area (Å²) in [5, 5.41) is 0.824. The number of nitrogens with two attached hydrogens (primary N) is 1. The molecule has 1 aromatic rings. The molecule has 84 valence electrons. The van der Waals surface area contributed by atoms with Crippen molar-refractivity contribution >= 4 is 24.0 Å². The Kier molecular flexibility index (Phi) is 4.45. The van der Waals surface area contributed by atoms with E-state index < -0.39 is 0 Å². The molecule has 0 spiro atoms. The fourth-order valence-electron chi connectivity index (χ4n) is 1.96. The lowest BCUT2D eigenvalue weighted by molar-refractivity contribution is 0.264. The minimum atomic E-state index is 0. The fourth-order valence-corrected chi connectivity index (χ4v) is 2.32. The third kappa shape index (κ3) is 2.66. The molecule has 0 bridgehead atoms. The first-order chi connectivity index (χ1) is 6.68. The van der Waals surface area contributed by atoms with Crippen molar-refractivity contribution in [3.63, 3.8) is 0 Å². The molecule has 0 heterocycles. The number of benzene rings is 1. The highest BCUT2D eigenvalue weighted by atomic mass is 35.5. The number of rotatable bonds is 2. The zero-order valence-corrected chi connectivity index (χ0v) is 10.4. The van der Waals surface area contributed by atoms with Crippen molar-refractivity contribution in [2.24, 2.45) is 11.7 Å². The third-order valence-electron chi connectivity index (χ3n) is 3.17. The molecule has 0 aromatic heterocycles. The van der Waals surface area contributed by atoms with Crippen molar-refractivity contribution in [2.75, 3.05) is 0 Å². The average molecular weight is 246 g/mol. The molecular weight excluding hydrogens is 229 g/mol. The number of hydrogen-bond acceptors (Lipinski definition) is 1. The van der Waals surface area contributed by atoms with Gasteiger partial charge in [0.05, 0.1) is 0 Å². The Morgan fingerprint density at radius 3 is 2.53 bits per heavy atom. The van der Waals surface area contributed by atoms with E-state index in [1.807, 2.05) is 13.0 Å². The van der Waals surface area contributed by atoms with E-state index in [-0.39, 0.29) is 18.4 Å². The van der Waals surface area contributed by atoms with Crippen LogP contribution in [0.4, 0.5) is 0 Å². The summed E-state index contributed by atoms with van der Waals surface area (Å²) >= 11 is 6.17. The highest BCUT2D eigenvalue weighted by Crippen LogP contribution is 2.38. The lowest BCUT2D eigenvalue weighted by Gasteiger charge is -2.32. The van der Waals surface area contributed by atoms with Crippen LogP contribution in [0, 0.1) is 12.8 Å². The Morgan fingerprint density at radius 2 is 2.07 bits per heavy atom. The second-order valence-corrected chi connectivity index (χ2v) is 4.65. The smallest absolute Gasteiger partial charge is 0.0456 e. The summed E-state index contributed by atoms with van der Waals surface area (Å²) in [5.41, 5.74) is 8.47. The fraction of sp³-hybridized carbons (Fsp3) is 0.500. The van der Waals surface area contributed by atoms with Gasteiger partial charge < -0.3 is 5.73 Å². The van der Waals surface area contributed by atoms with Crippen molar-refractivity contribution in [3.05, 3.63) is 34.3 Å². The van der Waals surface area contributed by atoms with E-state index >= 15 is 0 Å². The highest BCUT2D eigenvalue weighted by Gasteiger charge is 2.26. The summed E-state index contributed by atoms with van der Waals surface area (Å²) in [6.07, 6.45) is 3.83. The van der Waals surface area contributed by atoms with Crippen LogP contribution in [0.15, 0.2) is 18.2 Å². The molecule has 0 saturated heterocycles. The third-order valence-corrected chi connectivity index (χ3v) is 3.50. The first-order valence-corrected chi connectivity index (χ1v) is 5.58. The van der Waals surface area contributed by atoms with Gasteiger partial charge >= 0.3 is 0 Å². The van der Waals surface area contributed by atoms with Gasteiger partial charge in [-0.1, -0.05) is 30.2 Å². The van der Waals surface area contributed by atoms with Gasteiger partial charge in [-0.3, -0.25) is 0 Å². The first-order valence-electron chi connectivity index (χ1n) is 5.20. The Morgan fingerprint density at radius 1 is 1.40 bits per heavy atom. The molecule has 1 aromatic carbocycles. The normalized spacial score (nSPS) is 17.8. The van der Waals surface area contributed by atoms with E-state index in [0.717, 1.165) is 10.6 Å². The summed E-state index contributed by atoms with van der Waals surface area (Å²) in [4.78, 5) is 0. The highest BCUT2D eigenvalue weighted by molar-refractivity contribution is 6.31. The largest absolute Gasteiger partial charge is 0.324 e. The Labute approximate surface area is 102 Å². The van der Waals surface area contributed by atoms with Crippen molar-refractivity contribution in [2.45, 2.75) is 32.2 Å². The van der Waals surface area contributed by atoms with Crippen LogP contribution in [0.1, 0.15) is 36.4 Å². The molecule has 2 N–H and O–H groups in total. The maximum atomic E-state index is 6.17. The Balaban J connectivity index is 0.00000112. The van der Waals surface area contributed by atoms with Crippen LogP contribution in [-0.4, -0.2) is 0 Å². The molecule has 1 fully saturated rings. The maximum absolute atomic E-state index is 6.17. The van der Waals surface area contributed by atoms with Crippen LogP contribution in [0.5, 0.6) is 0 Å². The molecule has 0 radical (unpaired) electrons. The maximum Gasteiger partial charge on any atom is 0.0456 e. The van der Waals surface area contributed by atoms with Gasteiger partial charge in [0, 0.05) is 11.1 Å². The van der Waals surface area contributed by atoms with Gasteiger partial charge in [-0.05, 0) is 42.9 Å². The van der Waals surface area contributed by atoms with Crippen LogP contribution in [0.2, 0.25) is 5.02 Å². The molecule has 1 unspecified atom stereocenters. The number of hydrogen-bond donors (Lipinski definition) is 1. The molecule has 1 nitrogen and oxygen atoms in total. The van der Waals surface area contributed by atoms with Crippen LogP contribution in [0.25, 0.3) is 0 Å². The van der Waals surface area contributed by atoms with Gasteiger partial charge in [0.1, 0.15) is 0 Å². The summed E-state index contributed by atoms with van der Waals surface area (Å²) in [5.74, 6) is 0.648. The first kappa shape index (κ1) is 12.8. The molecule has 2 rings (SSSR count). The minimum absolute atomic E-state index is 0. The van der Waals surface area contributed by atoms with E-state index in [0.29, 0.717) is 5.92 Å². The molecule has 1 saturated carbocycles. The van der Waals surface area contributed by atoms with E-state index in [1.54, 1.807) is 0 Å². The SMILES string of the molecule is Cc1ccc(C(N)C2CCC2)c(Cl)c1.Cl. The molecule has 1 aliphatic rings. The van der Waals surface area contributed by atoms with Gasteiger partial charge in [-0.15, -0.1) is 12.4 Å². The summed E-state index contributed by atoms with van der Waals surface area (Å²) < 4.78 is 0. The predicted octanol–water partition coefficient (Wildman–Crippen LogP) is 3.87. The van der Waals surface area contributed by atoms with Crippen LogP contribution in [0.3, 0.4) is 0 Å². The second kappa shape index (κ2) is 5.20. The lowest BCUT2D eigenvalue weighted by Crippen LogP contribution is -2.27. The molecule has 0 aliphatic heterocycles. The summed E-state index contributed by atoms with van der Waals surface area (Å²) in [6.45, 7) is 2.05. The van der Waals surface area contributed by atoms with Gasteiger partial charge in [0.25, 0.3) is 0 Å². The predicted molar refractivity (Wildman–Crippen MR) is 67.7 cm³/mol. The van der Waals surface area contributed by atoms with Gasteiger partial charge in [0.2, 0.25) is 0 Å². The molecule has 1 aliphatic carbocycles. The number of halogens is 2. The van der Waals surface area contributed by atoms with Crippen molar-refractivity contribution < 1.29 is 0 Å². The van der Waals surface area contributed by atoms with E-state index in [4.69, 9.17) is 17.3 Å². The van der Waals surface area contributed by atoms with Gasteiger partial charge in [-0.2, -0.15) is 0 Å². The lowest BCUT2D eigenvalue weighted by atomic mass is 9.77. The standard InChI is InChI=1S/C12H16ClN.ClH/c1-8-5-6-10(11(13)7-8)12(14)9-3-2-4-9;/h5-7,9,12H,2-4,14H2,1H3;1H. The molecule has 0 amide bonds. The van der Waals surface area contributed by atoms with Gasteiger partial charge in [-0.25, -0.2) is 0 Å². The summed E-state index contributed by atoms with van der Waals surface area (Å²) in [6, 6.07) is 6.28. The summed E-state index contributed by atoms with van der Waals surface area (Å²) in [7, 11) is 0. The van der Waals surface area contributed by atoms with Crippen molar-refractivity contribution in [1.82, 2.24) is 0 Å². The molecule has 1 atom stereocenters. The van der Waals surface area contributed by atoms with E-state index in [1.165, 1.54) is 24.8 Å². The molecular formula is C12H17Cl2N. The quantitative estimate of drug-likeness (QED) is 0.842. The van der Waals surface area contributed by atoms with Crippen LogP contribution < -0.4 is 5.73 Å². The van der Waals surface area contributed by atoms with Crippen LogP contribution >= 0.6 is 24.0 Å². The number of aryl methyl sites for hydroxylation is 1. The molecule has 3 heteroatoms. The van der Waals surface area contributed by atoms with Gasteiger partial charge in [0.15, 0.2) is 0 Å². The van der Waals surface area contributed by atoms with Crippen LogP contribution in [-0.2, 0) is 0 Å². The minimum Gasteiger partial charge on any atom is -0.324 e. The Bertz CT molecular complexity index is 334. The van der Waals surface area contributed by atoms with Crippen molar-refractivity contribution in [3.8, 4) is 0 Å². The average Bonchev–Trinajstić information content (AvgIpc) is 2.00. The van der Waals surface area contributed by atoms with E-state index in [2.05, 4.69) is 12.1 Å². The van der Waals surface area contributed by atoms with E-state index in [9.17, 15) is 0 Å². The second-order valence-electron chi connectivity index (χ2n) is 4.24. The topological polar surface area (TPSA) is 26.0 Å².